The van der Waals surface area contributed by atoms with Crippen molar-refractivity contribution in [1.82, 2.24) is 0 Å². The summed E-state index contributed by atoms with van der Waals surface area (Å²) in [6.45, 7) is 19.3. The van der Waals surface area contributed by atoms with Crippen molar-refractivity contribution in [3.05, 3.63) is 0 Å². The zero-order valence-corrected chi connectivity index (χ0v) is 21.9. The number of hydrogen-bond donors (Lipinski definition) is 0. The highest BCUT2D eigenvalue weighted by atomic mass is 16.8. The minimum atomic E-state index is -0.911. The standard InChI is InChI=1S/C26H50O6/c1-9-15-27-22-19(8)18(7)20(12-4)30-25(22)32-26(14-6)24(29-17-11-3)23(28-16-10-2)21(13-5)31-26/h18-25H,9-17H2,1-8H3. The van der Waals surface area contributed by atoms with Crippen LogP contribution in [0.4, 0.5) is 0 Å². The monoisotopic (exact) mass is 458 g/mol. The van der Waals surface area contributed by atoms with E-state index >= 15 is 0 Å². The van der Waals surface area contributed by atoms with E-state index in [9.17, 15) is 0 Å². The fourth-order valence-electron chi connectivity index (χ4n) is 5.03. The van der Waals surface area contributed by atoms with Gasteiger partial charge in [0.15, 0.2) is 12.1 Å². The van der Waals surface area contributed by atoms with Crippen LogP contribution in [0.15, 0.2) is 0 Å². The minimum Gasteiger partial charge on any atom is -0.373 e. The summed E-state index contributed by atoms with van der Waals surface area (Å²) in [5.41, 5.74) is 0. The lowest BCUT2D eigenvalue weighted by Crippen LogP contribution is -2.57. The molecule has 0 aliphatic carbocycles. The molecule has 2 aliphatic heterocycles. The highest BCUT2D eigenvalue weighted by molar-refractivity contribution is 4.99. The Labute approximate surface area is 197 Å². The van der Waals surface area contributed by atoms with Gasteiger partial charge in [-0.15, -0.1) is 0 Å². The molecule has 0 N–H and O–H groups in total. The van der Waals surface area contributed by atoms with Gasteiger partial charge in [-0.1, -0.05) is 55.4 Å². The van der Waals surface area contributed by atoms with Crippen LogP contribution in [0.5, 0.6) is 0 Å². The largest absolute Gasteiger partial charge is 0.373 e. The molecule has 0 saturated carbocycles. The number of rotatable bonds is 14. The van der Waals surface area contributed by atoms with Crippen molar-refractivity contribution >= 4 is 0 Å². The molecule has 2 fully saturated rings. The second-order valence-corrected chi connectivity index (χ2v) is 9.48. The van der Waals surface area contributed by atoms with Crippen LogP contribution in [0.1, 0.15) is 93.9 Å². The number of ether oxygens (including phenoxy) is 6. The first-order chi connectivity index (χ1) is 15.4. The van der Waals surface area contributed by atoms with Crippen molar-refractivity contribution in [3.63, 3.8) is 0 Å². The predicted molar refractivity (Wildman–Crippen MR) is 127 cm³/mol. The van der Waals surface area contributed by atoms with E-state index in [-0.39, 0.29) is 30.5 Å². The second kappa shape index (κ2) is 13.6. The minimum absolute atomic E-state index is 0.0692. The lowest BCUT2D eigenvalue weighted by molar-refractivity contribution is -0.374. The highest BCUT2D eigenvalue weighted by Crippen LogP contribution is 2.44. The number of hydrogen-bond acceptors (Lipinski definition) is 6. The molecule has 9 atom stereocenters. The Hall–Kier alpha value is -0.240. The second-order valence-electron chi connectivity index (χ2n) is 9.48. The van der Waals surface area contributed by atoms with Crippen LogP contribution in [-0.2, 0) is 28.4 Å². The Bertz CT molecular complexity index is 517. The van der Waals surface area contributed by atoms with Crippen LogP contribution in [0.3, 0.4) is 0 Å². The van der Waals surface area contributed by atoms with Gasteiger partial charge in [-0.25, -0.2) is 0 Å². The molecule has 0 radical (unpaired) electrons. The molecule has 0 aromatic rings. The topological polar surface area (TPSA) is 55.4 Å². The summed E-state index contributed by atoms with van der Waals surface area (Å²) in [5, 5.41) is 0. The average molecular weight is 459 g/mol. The summed E-state index contributed by atoms with van der Waals surface area (Å²) in [5.74, 6) is -0.185. The van der Waals surface area contributed by atoms with E-state index in [2.05, 4.69) is 55.4 Å². The molecular formula is C26H50O6. The Morgan fingerprint density at radius 1 is 0.688 bits per heavy atom. The molecule has 0 spiro atoms. The first-order valence-electron chi connectivity index (χ1n) is 13.3. The Morgan fingerprint density at radius 3 is 1.78 bits per heavy atom. The van der Waals surface area contributed by atoms with E-state index in [4.69, 9.17) is 28.4 Å². The van der Waals surface area contributed by atoms with Gasteiger partial charge in [0.05, 0.1) is 12.2 Å². The van der Waals surface area contributed by atoms with Gasteiger partial charge in [0.25, 0.3) is 0 Å². The first-order valence-corrected chi connectivity index (χ1v) is 13.3. The summed E-state index contributed by atoms with van der Waals surface area (Å²) in [4.78, 5) is 0. The Kier molecular flexibility index (Phi) is 11.9. The quantitative estimate of drug-likeness (QED) is 0.332. The van der Waals surface area contributed by atoms with E-state index in [1.807, 2.05) is 0 Å². The fraction of sp³-hybridized carbons (Fsp3) is 1.00. The molecule has 32 heavy (non-hydrogen) atoms. The molecule has 0 aromatic heterocycles. The molecule has 6 nitrogen and oxygen atoms in total. The van der Waals surface area contributed by atoms with Gasteiger partial charge in [-0.05, 0) is 43.9 Å². The third-order valence-electron chi connectivity index (χ3n) is 7.10. The maximum absolute atomic E-state index is 6.83. The predicted octanol–water partition coefficient (Wildman–Crippen LogP) is 5.71. The molecule has 0 aromatic carbocycles. The van der Waals surface area contributed by atoms with Gasteiger partial charge < -0.3 is 28.4 Å². The van der Waals surface area contributed by atoms with E-state index in [0.717, 1.165) is 32.1 Å². The maximum atomic E-state index is 6.83. The van der Waals surface area contributed by atoms with Crippen molar-refractivity contribution in [3.8, 4) is 0 Å². The summed E-state index contributed by atoms with van der Waals surface area (Å²) >= 11 is 0. The summed E-state index contributed by atoms with van der Waals surface area (Å²) < 4.78 is 39.0. The molecule has 0 amide bonds. The fourth-order valence-corrected chi connectivity index (χ4v) is 5.03. The van der Waals surface area contributed by atoms with Gasteiger partial charge >= 0.3 is 0 Å². The first kappa shape index (κ1) is 28.0. The molecule has 2 heterocycles. The smallest absolute Gasteiger partial charge is 0.200 e. The molecule has 2 aliphatic rings. The van der Waals surface area contributed by atoms with Gasteiger partial charge in [-0.3, -0.25) is 0 Å². The molecule has 0 bridgehead atoms. The molecule has 2 rings (SSSR count). The van der Waals surface area contributed by atoms with Crippen LogP contribution < -0.4 is 0 Å². The lowest BCUT2D eigenvalue weighted by Gasteiger charge is -2.47. The zero-order valence-electron chi connectivity index (χ0n) is 21.9. The van der Waals surface area contributed by atoms with Crippen LogP contribution in [-0.4, -0.2) is 62.4 Å². The molecule has 6 heteroatoms. The summed E-state index contributed by atoms with van der Waals surface area (Å²) in [6.07, 6.45) is 4.29. The van der Waals surface area contributed by atoms with Crippen LogP contribution in [0, 0.1) is 11.8 Å². The molecular weight excluding hydrogens is 408 g/mol. The normalized spacial score (nSPS) is 40.1. The van der Waals surface area contributed by atoms with Crippen molar-refractivity contribution < 1.29 is 28.4 Å². The highest BCUT2D eigenvalue weighted by Gasteiger charge is 2.59. The third kappa shape index (κ3) is 6.25. The lowest BCUT2D eigenvalue weighted by atomic mass is 9.82. The van der Waals surface area contributed by atoms with Gasteiger partial charge in [0, 0.05) is 26.2 Å². The van der Waals surface area contributed by atoms with Crippen LogP contribution in [0.2, 0.25) is 0 Å². The summed E-state index contributed by atoms with van der Waals surface area (Å²) in [7, 11) is 0. The summed E-state index contributed by atoms with van der Waals surface area (Å²) in [6, 6.07) is 0. The van der Waals surface area contributed by atoms with E-state index in [1.165, 1.54) is 0 Å². The van der Waals surface area contributed by atoms with Gasteiger partial charge in [0.2, 0.25) is 0 Å². The molecule has 9 unspecified atom stereocenters. The Morgan fingerprint density at radius 2 is 1.25 bits per heavy atom. The van der Waals surface area contributed by atoms with Crippen LogP contribution in [0.25, 0.3) is 0 Å². The Balaban J connectivity index is 2.34. The van der Waals surface area contributed by atoms with E-state index in [0.29, 0.717) is 38.1 Å². The SMILES string of the molecule is CCCOC1C(OC2(CC)OC(CC)C(OCCC)C2OCCC)OC(CC)C(C)C1C. The van der Waals surface area contributed by atoms with Crippen molar-refractivity contribution in [1.29, 1.82) is 0 Å². The van der Waals surface area contributed by atoms with Crippen molar-refractivity contribution in [2.75, 3.05) is 19.8 Å². The van der Waals surface area contributed by atoms with Crippen LogP contribution >= 0.6 is 0 Å². The third-order valence-corrected chi connectivity index (χ3v) is 7.10. The van der Waals surface area contributed by atoms with Gasteiger partial charge in [-0.2, -0.15) is 0 Å². The van der Waals surface area contributed by atoms with Crippen molar-refractivity contribution in [2.45, 2.75) is 137 Å². The van der Waals surface area contributed by atoms with Crippen molar-refractivity contribution in [2.24, 2.45) is 11.8 Å². The van der Waals surface area contributed by atoms with E-state index in [1.54, 1.807) is 0 Å². The zero-order chi connectivity index (χ0) is 23.7. The average Bonchev–Trinajstić information content (AvgIpc) is 3.10. The maximum Gasteiger partial charge on any atom is 0.200 e. The molecule has 2 saturated heterocycles. The van der Waals surface area contributed by atoms with Gasteiger partial charge in [0.1, 0.15) is 18.3 Å². The van der Waals surface area contributed by atoms with E-state index < -0.39 is 12.1 Å². The molecule has 190 valence electrons.